The van der Waals surface area contributed by atoms with Crippen molar-refractivity contribution < 1.29 is 0 Å². The predicted octanol–water partition coefficient (Wildman–Crippen LogP) is 1.93. The third kappa shape index (κ3) is 3.45. The van der Waals surface area contributed by atoms with Crippen LogP contribution >= 0.6 is 0 Å². The molecule has 13 heavy (non-hydrogen) atoms. The van der Waals surface area contributed by atoms with Crippen LogP contribution in [0.4, 0.5) is 0 Å². The van der Waals surface area contributed by atoms with Crippen LogP contribution in [0.25, 0.3) is 0 Å². The zero-order valence-electron chi connectivity index (χ0n) is 8.73. The van der Waals surface area contributed by atoms with E-state index in [-0.39, 0.29) is 23.1 Å². The first-order chi connectivity index (χ1) is 5.41. The minimum atomic E-state index is -1.09. The maximum absolute atomic E-state index is 2.39. The molecule has 0 heterocycles. The number of aryl methyl sites for hydroxylation is 2. The van der Waals surface area contributed by atoms with Crippen LogP contribution in [-0.2, 0) is 0 Å². The van der Waals surface area contributed by atoms with Crippen LogP contribution in [0.1, 0.15) is 11.1 Å². The molecule has 0 aromatic heterocycles. The van der Waals surface area contributed by atoms with Crippen molar-refractivity contribution in [2.24, 2.45) is 0 Å². The highest BCUT2D eigenvalue weighted by molar-refractivity contribution is 6.88. The summed E-state index contributed by atoms with van der Waals surface area (Å²) in [6, 6.07) is 6.87. The smallest absolute Gasteiger partial charge is 0.0656 e. The van der Waals surface area contributed by atoms with Crippen molar-refractivity contribution >= 4 is 36.3 Å². The average Bonchev–Trinajstić information content (AvgIpc) is 1.92. The first kappa shape index (κ1) is 13.2. The molecule has 0 aliphatic heterocycles. The standard InChI is InChI=1S/C11H18Si.Mg.2H/c1-9-6-7-11(8-10(9)2)12(3,4)5;;;/h6-8H,1-5H3;;;. The van der Waals surface area contributed by atoms with Gasteiger partial charge in [-0.3, -0.25) is 0 Å². The van der Waals surface area contributed by atoms with E-state index in [1.807, 2.05) is 0 Å². The van der Waals surface area contributed by atoms with E-state index in [4.69, 9.17) is 0 Å². The highest BCUT2D eigenvalue weighted by atomic mass is 28.3. The fraction of sp³-hybridized carbons (Fsp3) is 0.455. The molecule has 70 valence electrons. The van der Waals surface area contributed by atoms with Crippen LogP contribution in [0.15, 0.2) is 18.2 Å². The fourth-order valence-corrected chi connectivity index (χ4v) is 2.44. The second-order valence-electron chi connectivity index (χ2n) is 4.55. The lowest BCUT2D eigenvalue weighted by molar-refractivity contribution is 1.35. The first-order valence-corrected chi connectivity index (χ1v) is 7.99. The van der Waals surface area contributed by atoms with Gasteiger partial charge in [-0.2, -0.15) is 0 Å². The van der Waals surface area contributed by atoms with Gasteiger partial charge in [0.05, 0.1) is 8.07 Å². The molecule has 0 saturated carbocycles. The summed E-state index contributed by atoms with van der Waals surface area (Å²) in [7, 11) is -1.09. The summed E-state index contributed by atoms with van der Waals surface area (Å²) in [4.78, 5) is 0. The lowest BCUT2D eigenvalue weighted by atomic mass is 10.1. The van der Waals surface area contributed by atoms with Gasteiger partial charge in [-0.15, -0.1) is 0 Å². The SMILES string of the molecule is Cc1ccc([Si](C)(C)C)cc1C.[MgH2]. The quantitative estimate of drug-likeness (QED) is 0.614. The average molecular weight is 205 g/mol. The molecule has 0 aliphatic carbocycles. The van der Waals surface area contributed by atoms with E-state index in [9.17, 15) is 0 Å². The van der Waals surface area contributed by atoms with Crippen molar-refractivity contribution in [3.05, 3.63) is 29.3 Å². The lowest BCUT2D eigenvalue weighted by Gasteiger charge is -2.17. The minimum Gasteiger partial charge on any atom is -0.0656 e. The van der Waals surface area contributed by atoms with Gasteiger partial charge in [0.25, 0.3) is 0 Å². The van der Waals surface area contributed by atoms with Crippen LogP contribution in [0, 0.1) is 13.8 Å². The largest absolute Gasteiger partial charge is 0.316 e. The monoisotopic (exact) mass is 204 g/mol. The van der Waals surface area contributed by atoms with Crippen LogP contribution < -0.4 is 5.19 Å². The summed E-state index contributed by atoms with van der Waals surface area (Å²) in [6.07, 6.45) is 0. The molecule has 0 bridgehead atoms. The van der Waals surface area contributed by atoms with E-state index >= 15 is 0 Å². The molecule has 0 amide bonds. The Bertz CT molecular complexity index is 287. The van der Waals surface area contributed by atoms with Gasteiger partial charge in [-0.1, -0.05) is 43.0 Å². The second kappa shape index (κ2) is 4.62. The number of hydrogen-bond donors (Lipinski definition) is 0. The van der Waals surface area contributed by atoms with E-state index in [1.165, 1.54) is 11.1 Å². The second-order valence-corrected chi connectivity index (χ2v) is 9.63. The van der Waals surface area contributed by atoms with Crippen molar-refractivity contribution in [1.82, 2.24) is 0 Å². The molecule has 0 radical (unpaired) electrons. The van der Waals surface area contributed by atoms with Crippen LogP contribution in [0.5, 0.6) is 0 Å². The Morgan fingerprint density at radius 2 is 1.46 bits per heavy atom. The molecule has 0 fully saturated rings. The summed E-state index contributed by atoms with van der Waals surface area (Å²) < 4.78 is 0. The summed E-state index contributed by atoms with van der Waals surface area (Å²) in [6.45, 7) is 11.5. The molecule has 0 N–H and O–H groups in total. The molecular weight excluding hydrogens is 185 g/mol. The Hall–Kier alpha value is 0.203. The Morgan fingerprint density at radius 3 is 1.85 bits per heavy atom. The molecule has 0 spiro atoms. The molecule has 1 aromatic carbocycles. The van der Waals surface area contributed by atoms with Crippen LogP contribution in [0.2, 0.25) is 19.6 Å². The van der Waals surface area contributed by atoms with Gasteiger partial charge < -0.3 is 0 Å². The van der Waals surface area contributed by atoms with Gasteiger partial charge in [0.2, 0.25) is 0 Å². The molecule has 0 aliphatic rings. The van der Waals surface area contributed by atoms with Gasteiger partial charge in [-0.05, 0) is 25.0 Å². The van der Waals surface area contributed by atoms with E-state index in [0.29, 0.717) is 0 Å². The van der Waals surface area contributed by atoms with Gasteiger partial charge in [-0.25, -0.2) is 0 Å². The zero-order valence-corrected chi connectivity index (χ0v) is 9.73. The number of hydrogen-bond acceptors (Lipinski definition) is 0. The van der Waals surface area contributed by atoms with Crippen molar-refractivity contribution in [3.8, 4) is 0 Å². The minimum absolute atomic E-state index is 0. The molecule has 0 saturated heterocycles. The molecule has 0 unspecified atom stereocenters. The van der Waals surface area contributed by atoms with E-state index in [0.717, 1.165) is 0 Å². The van der Waals surface area contributed by atoms with Crippen molar-refractivity contribution in [2.75, 3.05) is 0 Å². The third-order valence-corrected chi connectivity index (χ3v) is 4.42. The maximum Gasteiger partial charge on any atom is 0.316 e. The van der Waals surface area contributed by atoms with Crippen molar-refractivity contribution in [3.63, 3.8) is 0 Å². The summed E-state index contributed by atoms with van der Waals surface area (Å²) in [5.74, 6) is 0. The highest BCUT2D eigenvalue weighted by Crippen LogP contribution is 2.08. The molecule has 1 aromatic rings. The fourth-order valence-electron chi connectivity index (χ4n) is 1.21. The van der Waals surface area contributed by atoms with Crippen molar-refractivity contribution in [1.29, 1.82) is 0 Å². The normalized spacial score (nSPS) is 10.8. The van der Waals surface area contributed by atoms with Gasteiger partial charge in [0, 0.05) is 0 Å². The Morgan fingerprint density at radius 1 is 0.923 bits per heavy atom. The summed E-state index contributed by atoms with van der Waals surface area (Å²) in [5.41, 5.74) is 2.83. The Balaban J connectivity index is 0.00000144. The zero-order chi connectivity index (χ0) is 9.35. The summed E-state index contributed by atoms with van der Waals surface area (Å²) in [5, 5.41) is 1.56. The topological polar surface area (TPSA) is 0 Å². The third-order valence-electron chi connectivity index (χ3n) is 2.37. The van der Waals surface area contributed by atoms with E-state index < -0.39 is 8.07 Å². The Kier molecular flexibility index (Phi) is 4.69. The van der Waals surface area contributed by atoms with E-state index in [2.05, 4.69) is 51.7 Å². The van der Waals surface area contributed by atoms with Gasteiger partial charge in [0.1, 0.15) is 0 Å². The maximum atomic E-state index is 2.39. The molecule has 1 rings (SSSR count). The number of rotatable bonds is 1. The first-order valence-electron chi connectivity index (χ1n) is 4.49. The Labute approximate surface area is 98.9 Å². The van der Waals surface area contributed by atoms with Gasteiger partial charge >= 0.3 is 23.1 Å². The van der Waals surface area contributed by atoms with Crippen molar-refractivity contribution in [2.45, 2.75) is 33.5 Å². The predicted molar refractivity (Wildman–Crippen MR) is 67.4 cm³/mol. The molecule has 0 atom stereocenters. The molecular formula is C11H20MgSi. The molecule has 0 nitrogen and oxygen atoms in total. The number of benzene rings is 1. The molecule has 2 heteroatoms. The summed E-state index contributed by atoms with van der Waals surface area (Å²) >= 11 is 0. The highest BCUT2D eigenvalue weighted by Gasteiger charge is 2.15. The van der Waals surface area contributed by atoms with E-state index in [1.54, 1.807) is 5.19 Å². The van der Waals surface area contributed by atoms with Crippen LogP contribution in [0.3, 0.4) is 0 Å². The van der Waals surface area contributed by atoms with Gasteiger partial charge in [0.15, 0.2) is 0 Å². The van der Waals surface area contributed by atoms with Crippen LogP contribution in [-0.4, -0.2) is 31.1 Å². The lowest BCUT2D eigenvalue weighted by Crippen LogP contribution is -2.37.